The van der Waals surface area contributed by atoms with Crippen LogP contribution in [0.15, 0.2) is 73.1 Å². The summed E-state index contributed by atoms with van der Waals surface area (Å²) in [5.41, 5.74) is 5.60. The third-order valence-corrected chi connectivity index (χ3v) is 5.22. The minimum absolute atomic E-state index is 0.202. The van der Waals surface area contributed by atoms with Gasteiger partial charge < -0.3 is 9.72 Å². The first-order valence-electron chi connectivity index (χ1n) is 8.94. The fourth-order valence-electron chi connectivity index (χ4n) is 3.62. The first kappa shape index (κ1) is 16.8. The number of fused-ring (bicyclic) bond motifs is 1. The number of aromatic nitrogens is 2. The van der Waals surface area contributed by atoms with Crippen LogP contribution in [0.3, 0.4) is 0 Å². The Morgan fingerprint density at radius 2 is 1.86 bits per heavy atom. The molecule has 1 aliphatic rings. The van der Waals surface area contributed by atoms with Crippen molar-refractivity contribution in [2.75, 3.05) is 11.5 Å². The van der Waals surface area contributed by atoms with E-state index in [1.54, 1.807) is 11.2 Å². The Morgan fingerprint density at radius 1 is 1.04 bits per heavy atom. The number of carbonyl (C=O) groups is 1. The predicted octanol–water partition coefficient (Wildman–Crippen LogP) is 5.58. The maximum absolute atomic E-state index is 12.5. The van der Waals surface area contributed by atoms with Crippen LogP contribution in [0.5, 0.6) is 0 Å². The van der Waals surface area contributed by atoms with Crippen molar-refractivity contribution >= 4 is 34.4 Å². The topological polar surface area (TPSA) is 58.2 Å². The number of imidazole rings is 1. The Bertz CT molecular complexity index is 1190. The molecule has 4 aromatic rings. The molecular weight excluding hydrogens is 374 g/mol. The van der Waals surface area contributed by atoms with Crippen molar-refractivity contribution in [3.63, 3.8) is 0 Å². The quantitative estimate of drug-likeness (QED) is 0.497. The smallest absolute Gasteiger partial charge is 0.415 e. The molecule has 0 radical (unpaired) electrons. The van der Waals surface area contributed by atoms with E-state index in [0.717, 1.165) is 33.4 Å². The average molecular weight is 390 g/mol. The van der Waals surface area contributed by atoms with E-state index < -0.39 is 0 Å². The normalized spacial score (nSPS) is 16.5. The summed E-state index contributed by atoms with van der Waals surface area (Å²) >= 11 is 6.14. The molecule has 5 nitrogen and oxygen atoms in total. The van der Waals surface area contributed by atoms with Gasteiger partial charge in [0.15, 0.2) is 0 Å². The number of hydrogen-bond donors (Lipinski definition) is 1. The number of aromatic amines is 1. The maximum atomic E-state index is 12.5. The van der Waals surface area contributed by atoms with Crippen molar-refractivity contribution in [2.45, 2.75) is 6.04 Å². The van der Waals surface area contributed by atoms with E-state index >= 15 is 0 Å². The highest BCUT2D eigenvalue weighted by Gasteiger charge is 2.35. The first-order chi connectivity index (χ1) is 13.7. The number of rotatable bonds is 3. The zero-order chi connectivity index (χ0) is 19.1. The van der Waals surface area contributed by atoms with Crippen LogP contribution in [0, 0.1) is 0 Å². The summed E-state index contributed by atoms with van der Waals surface area (Å²) in [6, 6.07) is 21.4. The first-order valence-corrected chi connectivity index (χ1v) is 9.32. The molecule has 0 unspecified atom stereocenters. The minimum atomic E-state index is -0.350. The zero-order valence-electron chi connectivity index (χ0n) is 14.8. The summed E-state index contributed by atoms with van der Waals surface area (Å²) in [6.45, 7) is 0.304. The lowest BCUT2D eigenvalue weighted by atomic mass is 9.99. The number of ether oxygens (including phenoxy) is 1. The number of halogens is 1. The lowest BCUT2D eigenvalue weighted by Gasteiger charge is -2.22. The van der Waals surface area contributed by atoms with Crippen molar-refractivity contribution in [1.29, 1.82) is 0 Å². The Balaban J connectivity index is 1.54. The molecule has 1 fully saturated rings. The number of H-pyrrole nitrogens is 1. The second kappa shape index (κ2) is 6.69. The van der Waals surface area contributed by atoms with Gasteiger partial charge in [0.05, 0.1) is 29.1 Å². The van der Waals surface area contributed by atoms with Crippen LogP contribution in [0.1, 0.15) is 11.6 Å². The van der Waals surface area contributed by atoms with Gasteiger partial charge in [-0.3, -0.25) is 4.90 Å². The number of hydrogen-bond acceptors (Lipinski definition) is 3. The van der Waals surface area contributed by atoms with Crippen molar-refractivity contribution in [1.82, 2.24) is 9.97 Å². The Morgan fingerprint density at radius 3 is 2.71 bits per heavy atom. The molecule has 2 heterocycles. The second-order valence-electron chi connectivity index (χ2n) is 6.70. The van der Waals surface area contributed by atoms with Gasteiger partial charge in [-0.25, -0.2) is 9.78 Å². The second-order valence-corrected chi connectivity index (χ2v) is 7.14. The van der Waals surface area contributed by atoms with E-state index in [-0.39, 0.29) is 12.1 Å². The summed E-state index contributed by atoms with van der Waals surface area (Å²) in [6.07, 6.45) is 1.29. The number of benzene rings is 3. The lowest BCUT2D eigenvalue weighted by Crippen LogP contribution is -2.27. The molecule has 28 heavy (non-hydrogen) atoms. The Labute approximate surface area is 166 Å². The Kier molecular flexibility index (Phi) is 4.02. The van der Waals surface area contributed by atoms with Gasteiger partial charge in [0.25, 0.3) is 0 Å². The molecule has 138 valence electrons. The monoisotopic (exact) mass is 389 g/mol. The number of carbonyl (C=O) groups excluding carboxylic acids is 1. The third-order valence-electron chi connectivity index (χ3n) is 4.98. The SMILES string of the molecule is O=C1OC[C@H](c2cccc(-c3cccc(Cl)c3)c2)N1c1ccc2nc[nH]c2c1. The predicted molar refractivity (Wildman–Crippen MR) is 110 cm³/mol. The van der Waals surface area contributed by atoms with Crippen molar-refractivity contribution in [3.05, 3.63) is 83.6 Å². The standard InChI is InChI=1S/C22H16ClN3O2/c23-17-6-2-4-15(10-17)14-3-1-5-16(9-14)21-12-28-22(27)26(21)18-7-8-19-20(11-18)25-13-24-19/h1-11,13,21H,12H2,(H,24,25)/t21-/m1/s1. The summed E-state index contributed by atoms with van der Waals surface area (Å²) < 4.78 is 5.39. The molecule has 1 N–H and O–H groups in total. The van der Waals surface area contributed by atoms with Crippen LogP contribution in [0.2, 0.25) is 5.02 Å². The molecule has 0 spiro atoms. The van der Waals surface area contributed by atoms with Crippen molar-refractivity contribution in [2.24, 2.45) is 0 Å². The van der Waals surface area contributed by atoms with Crippen LogP contribution < -0.4 is 4.90 Å². The number of amides is 1. The van der Waals surface area contributed by atoms with Gasteiger partial charge in [-0.15, -0.1) is 0 Å². The molecule has 5 rings (SSSR count). The number of nitrogens with one attached hydrogen (secondary N) is 1. The van der Waals surface area contributed by atoms with E-state index in [2.05, 4.69) is 16.0 Å². The van der Waals surface area contributed by atoms with Gasteiger partial charge in [-0.1, -0.05) is 41.9 Å². The molecule has 1 amide bonds. The molecule has 1 saturated heterocycles. The van der Waals surface area contributed by atoms with E-state index in [1.165, 1.54) is 0 Å². The van der Waals surface area contributed by atoms with Crippen LogP contribution in [0.4, 0.5) is 10.5 Å². The molecule has 1 atom stereocenters. The largest absolute Gasteiger partial charge is 0.447 e. The van der Waals surface area contributed by atoms with Crippen LogP contribution in [-0.2, 0) is 4.74 Å². The van der Waals surface area contributed by atoms with Gasteiger partial charge in [0.1, 0.15) is 6.61 Å². The summed E-state index contributed by atoms with van der Waals surface area (Å²) in [4.78, 5) is 21.5. The number of anilines is 1. The average Bonchev–Trinajstić information content (AvgIpc) is 3.34. The molecule has 6 heteroatoms. The van der Waals surface area contributed by atoms with E-state index in [4.69, 9.17) is 16.3 Å². The third kappa shape index (κ3) is 2.90. The molecule has 0 bridgehead atoms. The molecule has 1 aliphatic heterocycles. The minimum Gasteiger partial charge on any atom is -0.447 e. The summed E-state index contributed by atoms with van der Waals surface area (Å²) in [7, 11) is 0. The highest BCUT2D eigenvalue weighted by atomic mass is 35.5. The highest BCUT2D eigenvalue weighted by molar-refractivity contribution is 6.30. The highest BCUT2D eigenvalue weighted by Crippen LogP contribution is 2.35. The van der Waals surface area contributed by atoms with Gasteiger partial charge >= 0.3 is 6.09 Å². The van der Waals surface area contributed by atoms with E-state index in [0.29, 0.717) is 11.6 Å². The van der Waals surface area contributed by atoms with Crippen LogP contribution in [0.25, 0.3) is 22.2 Å². The van der Waals surface area contributed by atoms with Gasteiger partial charge in [0, 0.05) is 5.02 Å². The summed E-state index contributed by atoms with van der Waals surface area (Å²) in [5, 5.41) is 0.691. The summed E-state index contributed by atoms with van der Waals surface area (Å²) in [5.74, 6) is 0. The molecule has 0 aliphatic carbocycles. The molecule has 1 aromatic heterocycles. The van der Waals surface area contributed by atoms with E-state index in [1.807, 2.05) is 60.7 Å². The van der Waals surface area contributed by atoms with Crippen molar-refractivity contribution < 1.29 is 9.53 Å². The van der Waals surface area contributed by atoms with Gasteiger partial charge in [-0.2, -0.15) is 0 Å². The van der Waals surface area contributed by atoms with Crippen LogP contribution in [-0.4, -0.2) is 22.7 Å². The maximum Gasteiger partial charge on any atom is 0.415 e. The Hall–Kier alpha value is -3.31. The molecule has 3 aromatic carbocycles. The van der Waals surface area contributed by atoms with Crippen molar-refractivity contribution in [3.8, 4) is 11.1 Å². The fourth-order valence-corrected chi connectivity index (χ4v) is 3.81. The molecule has 0 saturated carbocycles. The van der Waals surface area contributed by atoms with E-state index in [9.17, 15) is 4.79 Å². The van der Waals surface area contributed by atoms with Gasteiger partial charge in [0.2, 0.25) is 0 Å². The fraction of sp³-hybridized carbons (Fsp3) is 0.0909. The lowest BCUT2D eigenvalue weighted by molar-refractivity contribution is 0.179. The number of nitrogens with zero attached hydrogens (tertiary/aromatic N) is 2. The molecular formula is C22H16ClN3O2. The van der Waals surface area contributed by atoms with Crippen LogP contribution >= 0.6 is 11.6 Å². The zero-order valence-corrected chi connectivity index (χ0v) is 15.6. The van der Waals surface area contributed by atoms with Gasteiger partial charge in [-0.05, 0) is 53.1 Å². The number of cyclic esters (lactones) is 1.